The number of hydrogen-bond acceptors (Lipinski definition) is 4. The maximum absolute atomic E-state index is 12.3. The fourth-order valence-corrected chi connectivity index (χ4v) is 3.24. The smallest absolute Gasteiger partial charge is 0.269 e. The maximum Gasteiger partial charge on any atom is 0.269 e. The van der Waals surface area contributed by atoms with Crippen molar-refractivity contribution in [1.82, 2.24) is 10.3 Å². The highest BCUT2D eigenvalue weighted by molar-refractivity contribution is 6.35. The van der Waals surface area contributed by atoms with Crippen LogP contribution in [0.2, 0.25) is 10.0 Å². The van der Waals surface area contributed by atoms with Gasteiger partial charge in [-0.05, 0) is 54.8 Å². The van der Waals surface area contributed by atoms with Gasteiger partial charge in [-0.1, -0.05) is 35.3 Å². The molecule has 0 unspecified atom stereocenters. The number of anilines is 1. The highest BCUT2D eigenvalue weighted by atomic mass is 35.5. The molecule has 0 bridgehead atoms. The summed E-state index contributed by atoms with van der Waals surface area (Å²) >= 11 is 12.0. The minimum absolute atomic E-state index is 0.152. The SMILES string of the molecule is CNC(=O)c1cc(Oc2ccc(CCC(=O)Nc3cc(Cl)ccc3Cl)cc2C)ccn1. The molecule has 160 valence electrons. The van der Waals surface area contributed by atoms with Crippen molar-refractivity contribution in [3.05, 3.63) is 81.6 Å². The molecule has 0 radical (unpaired) electrons. The number of aromatic nitrogens is 1. The molecule has 2 N–H and O–H groups in total. The van der Waals surface area contributed by atoms with Gasteiger partial charge in [-0.2, -0.15) is 0 Å². The van der Waals surface area contributed by atoms with Crippen LogP contribution in [0.3, 0.4) is 0 Å². The molecule has 6 nitrogen and oxygen atoms in total. The predicted octanol–water partition coefficient (Wildman–Crippen LogP) is 5.42. The highest BCUT2D eigenvalue weighted by Gasteiger charge is 2.10. The van der Waals surface area contributed by atoms with Crippen molar-refractivity contribution in [3.8, 4) is 11.5 Å². The van der Waals surface area contributed by atoms with Crippen LogP contribution < -0.4 is 15.4 Å². The van der Waals surface area contributed by atoms with Gasteiger partial charge in [0.1, 0.15) is 17.2 Å². The lowest BCUT2D eigenvalue weighted by molar-refractivity contribution is -0.116. The van der Waals surface area contributed by atoms with E-state index in [-0.39, 0.29) is 17.5 Å². The normalized spacial score (nSPS) is 10.5. The largest absolute Gasteiger partial charge is 0.457 e. The number of halogens is 2. The lowest BCUT2D eigenvalue weighted by atomic mass is 10.1. The average Bonchev–Trinajstić information content (AvgIpc) is 2.76. The fourth-order valence-electron chi connectivity index (χ4n) is 2.90. The van der Waals surface area contributed by atoms with Gasteiger partial charge in [0.25, 0.3) is 5.91 Å². The third-order valence-corrected chi connectivity index (χ3v) is 5.07. The standard InChI is InChI=1S/C23H21Cl2N3O3/c1-14-11-15(4-8-22(29)28-19-12-16(24)5-6-18(19)25)3-7-21(14)31-17-9-10-27-20(13-17)23(30)26-2/h3,5-7,9-13H,4,8H2,1-2H3,(H,26,30)(H,28,29). The summed E-state index contributed by atoms with van der Waals surface area (Å²) < 4.78 is 5.90. The van der Waals surface area contributed by atoms with Gasteiger partial charge in [0, 0.05) is 30.8 Å². The van der Waals surface area contributed by atoms with E-state index in [0.29, 0.717) is 40.1 Å². The van der Waals surface area contributed by atoms with Crippen molar-refractivity contribution in [2.75, 3.05) is 12.4 Å². The van der Waals surface area contributed by atoms with Crippen molar-refractivity contribution >= 4 is 40.7 Å². The van der Waals surface area contributed by atoms with Crippen molar-refractivity contribution in [3.63, 3.8) is 0 Å². The molecule has 0 saturated heterocycles. The van der Waals surface area contributed by atoms with Gasteiger partial charge < -0.3 is 15.4 Å². The van der Waals surface area contributed by atoms with Crippen molar-refractivity contribution in [1.29, 1.82) is 0 Å². The molecule has 3 rings (SSSR count). The van der Waals surface area contributed by atoms with E-state index in [9.17, 15) is 9.59 Å². The summed E-state index contributed by atoms with van der Waals surface area (Å²) in [6, 6.07) is 13.9. The van der Waals surface area contributed by atoms with E-state index < -0.39 is 0 Å². The Morgan fingerprint density at radius 1 is 1.06 bits per heavy atom. The summed E-state index contributed by atoms with van der Waals surface area (Å²) in [5.41, 5.74) is 2.68. The first kappa shape index (κ1) is 22.6. The Bertz CT molecular complexity index is 1120. The molecule has 0 saturated carbocycles. The summed E-state index contributed by atoms with van der Waals surface area (Å²) in [5, 5.41) is 6.25. The number of carbonyl (C=O) groups is 2. The van der Waals surface area contributed by atoms with Crippen LogP contribution in [0.15, 0.2) is 54.7 Å². The number of nitrogens with zero attached hydrogens (tertiary/aromatic N) is 1. The topological polar surface area (TPSA) is 80.3 Å². The average molecular weight is 458 g/mol. The van der Waals surface area contributed by atoms with Gasteiger partial charge in [-0.15, -0.1) is 0 Å². The second-order valence-corrected chi connectivity index (χ2v) is 7.67. The lowest BCUT2D eigenvalue weighted by Gasteiger charge is -2.11. The molecule has 0 fully saturated rings. The van der Waals surface area contributed by atoms with Gasteiger partial charge >= 0.3 is 0 Å². The zero-order valence-electron chi connectivity index (χ0n) is 17.0. The zero-order chi connectivity index (χ0) is 22.4. The van der Waals surface area contributed by atoms with Crippen molar-refractivity contribution in [2.24, 2.45) is 0 Å². The van der Waals surface area contributed by atoms with E-state index in [1.165, 1.54) is 6.20 Å². The molecular weight excluding hydrogens is 437 g/mol. The Hall–Kier alpha value is -3.09. The molecule has 2 amide bonds. The number of benzene rings is 2. The first-order valence-corrected chi connectivity index (χ1v) is 10.3. The van der Waals surface area contributed by atoms with E-state index in [0.717, 1.165) is 11.1 Å². The molecule has 31 heavy (non-hydrogen) atoms. The van der Waals surface area contributed by atoms with Crippen LogP contribution in [-0.2, 0) is 11.2 Å². The van der Waals surface area contributed by atoms with Gasteiger partial charge in [-0.3, -0.25) is 14.6 Å². The number of pyridine rings is 1. The van der Waals surface area contributed by atoms with Crippen LogP contribution in [0.5, 0.6) is 11.5 Å². The Morgan fingerprint density at radius 2 is 1.87 bits per heavy atom. The number of amides is 2. The van der Waals surface area contributed by atoms with Crippen LogP contribution in [0.25, 0.3) is 0 Å². The summed E-state index contributed by atoms with van der Waals surface area (Å²) in [4.78, 5) is 28.0. The number of rotatable bonds is 7. The van der Waals surface area contributed by atoms with E-state index in [1.54, 1.807) is 37.4 Å². The van der Waals surface area contributed by atoms with Crippen molar-refractivity contribution in [2.45, 2.75) is 19.8 Å². The molecule has 0 aliphatic rings. The Labute approximate surface area is 190 Å². The lowest BCUT2D eigenvalue weighted by Crippen LogP contribution is -2.18. The molecule has 1 heterocycles. The molecule has 8 heteroatoms. The monoisotopic (exact) mass is 457 g/mol. The number of nitrogens with one attached hydrogen (secondary N) is 2. The molecule has 0 spiro atoms. The van der Waals surface area contributed by atoms with Gasteiger partial charge in [0.15, 0.2) is 0 Å². The molecule has 1 aromatic heterocycles. The van der Waals surface area contributed by atoms with E-state index in [1.807, 2.05) is 25.1 Å². The van der Waals surface area contributed by atoms with Crippen molar-refractivity contribution < 1.29 is 14.3 Å². The Kier molecular flexibility index (Phi) is 7.50. The van der Waals surface area contributed by atoms with Gasteiger partial charge in [-0.25, -0.2) is 0 Å². The molecule has 3 aromatic rings. The predicted molar refractivity (Wildman–Crippen MR) is 122 cm³/mol. The number of aryl methyl sites for hydroxylation is 2. The summed E-state index contributed by atoms with van der Waals surface area (Å²) in [5.74, 6) is 0.741. The van der Waals surface area contributed by atoms with Crippen LogP contribution in [0, 0.1) is 6.92 Å². The Balaban J connectivity index is 1.61. The quantitative estimate of drug-likeness (QED) is 0.496. The second-order valence-electron chi connectivity index (χ2n) is 6.83. The number of ether oxygens (including phenoxy) is 1. The number of carbonyl (C=O) groups excluding carboxylic acids is 2. The summed E-state index contributed by atoms with van der Waals surface area (Å²) in [7, 11) is 1.55. The van der Waals surface area contributed by atoms with E-state index in [4.69, 9.17) is 27.9 Å². The first-order valence-electron chi connectivity index (χ1n) is 9.56. The summed E-state index contributed by atoms with van der Waals surface area (Å²) in [6.07, 6.45) is 2.37. The van der Waals surface area contributed by atoms with Crippen LogP contribution in [0.4, 0.5) is 5.69 Å². The second kappa shape index (κ2) is 10.3. The van der Waals surface area contributed by atoms with Crippen LogP contribution >= 0.6 is 23.2 Å². The third-order valence-electron chi connectivity index (χ3n) is 4.50. The molecule has 2 aromatic carbocycles. The summed E-state index contributed by atoms with van der Waals surface area (Å²) in [6.45, 7) is 1.92. The minimum Gasteiger partial charge on any atom is -0.457 e. The number of hydrogen-bond donors (Lipinski definition) is 2. The molecule has 0 aliphatic heterocycles. The first-order chi connectivity index (χ1) is 14.9. The van der Waals surface area contributed by atoms with Crippen LogP contribution in [0.1, 0.15) is 28.0 Å². The molecule has 0 aliphatic carbocycles. The zero-order valence-corrected chi connectivity index (χ0v) is 18.6. The van der Waals surface area contributed by atoms with E-state index >= 15 is 0 Å². The van der Waals surface area contributed by atoms with Gasteiger partial charge in [0.05, 0.1) is 10.7 Å². The molecule has 0 atom stereocenters. The van der Waals surface area contributed by atoms with Gasteiger partial charge in [0.2, 0.25) is 5.91 Å². The third kappa shape index (κ3) is 6.20. The maximum atomic E-state index is 12.3. The highest BCUT2D eigenvalue weighted by Crippen LogP contribution is 2.27. The van der Waals surface area contributed by atoms with E-state index in [2.05, 4.69) is 15.6 Å². The molecular formula is C23H21Cl2N3O3. The van der Waals surface area contributed by atoms with Crippen LogP contribution in [-0.4, -0.2) is 23.8 Å². The Morgan fingerprint density at radius 3 is 2.61 bits per heavy atom. The minimum atomic E-state index is -0.283. The fraction of sp³-hybridized carbons (Fsp3) is 0.174.